The van der Waals surface area contributed by atoms with Gasteiger partial charge in [0.25, 0.3) is 0 Å². The molecule has 0 atom stereocenters. The van der Waals surface area contributed by atoms with E-state index in [2.05, 4.69) is 32.7 Å². The van der Waals surface area contributed by atoms with Crippen molar-refractivity contribution in [3.63, 3.8) is 0 Å². The van der Waals surface area contributed by atoms with Crippen LogP contribution < -0.4 is 10.6 Å². The summed E-state index contributed by atoms with van der Waals surface area (Å²) in [4.78, 5) is 6.81. The van der Waals surface area contributed by atoms with Crippen molar-refractivity contribution in [2.45, 2.75) is 37.8 Å². The molecule has 0 aliphatic heterocycles. The Morgan fingerprint density at radius 1 is 1.30 bits per heavy atom. The molecule has 0 aromatic carbocycles. The first kappa shape index (κ1) is 15.3. The summed E-state index contributed by atoms with van der Waals surface area (Å²) in [5, 5.41) is 6.88. The normalized spacial score (nSPS) is 19.9. The van der Waals surface area contributed by atoms with E-state index < -0.39 is 0 Å². The predicted octanol–water partition coefficient (Wildman–Crippen LogP) is 0.981. The Kier molecular flexibility index (Phi) is 6.33. The second kappa shape index (κ2) is 8.27. The molecule has 1 fully saturated rings. The molecule has 2 rings (SSSR count). The summed E-state index contributed by atoms with van der Waals surface area (Å²) in [5.74, 6) is 0.918. The number of guanidine groups is 1. The Morgan fingerprint density at radius 2 is 2.05 bits per heavy atom. The van der Waals surface area contributed by atoms with Gasteiger partial charge in [-0.25, -0.2) is 0 Å². The predicted molar refractivity (Wildman–Crippen MR) is 83.1 cm³/mol. The highest BCUT2D eigenvalue weighted by molar-refractivity contribution is 5.80. The van der Waals surface area contributed by atoms with E-state index in [1.54, 1.807) is 7.11 Å². The van der Waals surface area contributed by atoms with Crippen LogP contribution in [0, 0.1) is 0 Å². The van der Waals surface area contributed by atoms with E-state index in [1.807, 2.05) is 7.05 Å². The third kappa shape index (κ3) is 5.13. The molecule has 20 heavy (non-hydrogen) atoms. The Balaban J connectivity index is 1.64. The van der Waals surface area contributed by atoms with Crippen molar-refractivity contribution in [2.75, 3.05) is 40.4 Å². The summed E-state index contributed by atoms with van der Waals surface area (Å²) in [6, 6.07) is 1.29. The number of methoxy groups -OCH3 is 1. The third-order valence-electron chi connectivity index (χ3n) is 3.91. The van der Waals surface area contributed by atoms with E-state index in [4.69, 9.17) is 4.74 Å². The van der Waals surface area contributed by atoms with E-state index >= 15 is 0 Å². The van der Waals surface area contributed by atoms with E-state index in [0.717, 1.165) is 51.1 Å². The Labute approximate surface area is 122 Å². The molecule has 5 nitrogen and oxygen atoms in total. The molecular formula is C15H28N4O. The van der Waals surface area contributed by atoms with Crippen LogP contribution >= 0.6 is 0 Å². The average Bonchev–Trinajstić information content (AvgIpc) is 3.18. The highest BCUT2D eigenvalue weighted by Gasteiger charge is 2.28. The van der Waals surface area contributed by atoms with E-state index in [0.29, 0.717) is 6.04 Å². The van der Waals surface area contributed by atoms with Gasteiger partial charge >= 0.3 is 0 Å². The van der Waals surface area contributed by atoms with Gasteiger partial charge in [0.2, 0.25) is 0 Å². The van der Waals surface area contributed by atoms with Crippen LogP contribution in [0.2, 0.25) is 0 Å². The third-order valence-corrected chi connectivity index (χ3v) is 3.91. The minimum Gasteiger partial charge on any atom is -0.383 e. The Morgan fingerprint density at radius 3 is 2.65 bits per heavy atom. The fourth-order valence-electron chi connectivity index (χ4n) is 2.57. The lowest BCUT2D eigenvalue weighted by molar-refractivity contribution is 0.144. The standard InChI is InChI=1S/C15H28N4O/c1-16-15(18-13-5-3-4-6-13)17-9-10-19(11-12-20-2)14-7-8-14/h3-4,13-14H,5-12H2,1-2H3,(H2,16,17,18). The van der Waals surface area contributed by atoms with Gasteiger partial charge in [-0.1, -0.05) is 12.2 Å². The molecular weight excluding hydrogens is 252 g/mol. The summed E-state index contributed by atoms with van der Waals surface area (Å²) in [5.41, 5.74) is 0. The molecule has 0 radical (unpaired) electrons. The maximum absolute atomic E-state index is 5.18. The van der Waals surface area contributed by atoms with Gasteiger partial charge in [0.15, 0.2) is 5.96 Å². The Hall–Kier alpha value is -1.07. The summed E-state index contributed by atoms with van der Waals surface area (Å²) >= 11 is 0. The first-order valence-electron chi connectivity index (χ1n) is 7.68. The summed E-state index contributed by atoms with van der Waals surface area (Å²) in [7, 11) is 3.60. The van der Waals surface area contributed by atoms with Crippen molar-refractivity contribution in [3.8, 4) is 0 Å². The SMILES string of the molecule is CN=C(NCCN(CCOC)C1CC1)NC1CC=CC1. The number of hydrogen-bond acceptors (Lipinski definition) is 3. The average molecular weight is 280 g/mol. The highest BCUT2D eigenvalue weighted by atomic mass is 16.5. The molecule has 2 aliphatic carbocycles. The van der Waals surface area contributed by atoms with Gasteiger partial charge in [0.1, 0.15) is 0 Å². The largest absolute Gasteiger partial charge is 0.383 e. The molecule has 114 valence electrons. The second-order valence-corrected chi connectivity index (χ2v) is 5.54. The zero-order valence-electron chi connectivity index (χ0n) is 12.8. The topological polar surface area (TPSA) is 48.9 Å². The molecule has 0 aromatic heterocycles. The fourth-order valence-corrected chi connectivity index (χ4v) is 2.57. The molecule has 2 aliphatic rings. The van der Waals surface area contributed by atoms with Gasteiger partial charge in [0.05, 0.1) is 6.61 Å². The van der Waals surface area contributed by atoms with Crippen LogP contribution in [0.15, 0.2) is 17.1 Å². The maximum atomic E-state index is 5.18. The van der Waals surface area contributed by atoms with Crippen LogP contribution in [-0.4, -0.2) is 63.3 Å². The second-order valence-electron chi connectivity index (χ2n) is 5.54. The minimum absolute atomic E-state index is 0.509. The van der Waals surface area contributed by atoms with Crippen LogP contribution in [0.4, 0.5) is 0 Å². The van der Waals surface area contributed by atoms with Crippen LogP contribution in [0.25, 0.3) is 0 Å². The van der Waals surface area contributed by atoms with Crippen molar-refractivity contribution in [1.29, 1.82) is 0 Å². The van der Waals surface area contributed by atoms with Crippen LogP contribution in [0.1, 0.15) is 25.7 Å². The first-order valence-corrected chi connectivity index (χ1v) is 7.68. The number of nitrogens with one attached hydrogen (secondary N) is 2. The van der Waals surface area contributed by atoms with Crippen molar-refractivity contribution >= 4 is 5.96 Å². The number of rotatable bonds is 8. The Bertz CT molecular complexity index is 331. The summed E-state index contributed by atoms with van der Waals surface area (Å²) in [6.07, 6.45) is 9.33. The van der Waals surface area contributed by atoms with Gasteiger partial charge in [-0.15, -0.1) is 0 Å². The molecule has 0 bridgehead atoms. The lowest BCUT2D eigenvalue weighted by atomic mass is 10.2. The lowest BCUT2D eigenvalue weighted by Gasteiger charge is -2.23. The molecule has 2 N–H and O–H groups in total. The van der Waals surface area contributed by atoms with E-state index in [9.17, 15) is 0 Å². The van der Waals surface area contributed by atoms with Crippen molar-refractivity contribution < 1.29 is 4.74 Å². The zero-order chi connectivity index (χ0) is 14.2. The number of ether oxygens (including phenoxy) is 1. The smallest absolute Gasteiger partial charge is 0.191 e. The van der Waals surface area contributed by atoms with E-state index in [-0.39, 0.29) is 0 Å². The first-order chi connectivity index (χ1) is 9.83. The molecule has 5 heteroatoms. The van der Waals surface area contributed by atoms with Crippen molar-refractivity contribution in [1.82, 2.24) is 15.5 Å². The van der Waals surface area contributed by atoms with Crippen molar-refractivity contribution in [3.05, 3.63) is 12.2 Å². The summed E-state index contributed by atoms with van der Waals surface area (Å²) < 4.78 is 5.18. The monoisotopic (exact) mass is 280 g/mol. The molecule has 0 spiro atoms. The van der Waals surface area contributed by atoms with Gasteiger partial charge in [-0.3, -0.25) is 9.89 Å². The summed E-state index contributed by atoms with van der Waals surface area (Å²) in [6.45, 7) is 3.83. The lowest BCUT2D eigenvalue weighted by Crippen LogP contribution is -2.45. The maximum Gasteiger partial charge on any atom is 0.191 e. The van der Waals surface area contributed by atoms with Gasteiger partial charge < -0.3 is 15.4 Å². The van der Waals surface area contributed by atoms with Gasteiger partial charge in [-0.05, 0) is 25.7 Å². The molecule has 0 saturated heterocycles. The quantitative estimate of drug-likeness (QED) is 0.395. The van der Waals surface area contributed by atoms with E-state index in [1.165, 1.54) is 12.8 Å². The van der Waals surface area contributed by atoms with Crippen LogP contribution in [0.5, 0.6) is 0 Å². The van der Waals surface area contributed by atoms with Gasteiger partial charge in [0, 0.05) is 45.9 Å². The molecule has 0 amide bonds. The zero-order valence-corrected chi connectivity index (χ0v) is 12.8. The van der Waals surface area contributed by atoms with Gasteiger partial charge in [-0.2, -0.15) is 0 Å². The molecule has 0 unspecified atom stereocenters. The van der Waals surface area contributed by atoms with Crippen LogP contribution in [0.3, 0.4) is 0 Å². The number of hydrogen-bond donors (Lipinski definition) is 2. The molecule has 0 heterocycles. The number of nitrogens with zero attached hydrogens (tertiary/aromatic N) is 2. The molecule has 1 saturated carbocycles. The minimum atomic E-state index is 0.509. The fraction of sp³-hybridized carbons (Fsp3) is 0.800. The number of aliphatic imine (C=N–C) groups is 1. The highest BCUT2D eigenvalue weighted by Crippen LogP contribution is 2.25. The van der Waals surface area contributed by atoms with Crippen LogP contribution in [-0.2, 0) is 4.74 Å². The van der Waals surface area contributed by atoms with Crippen molar-refractivity contribution in [2.24, 2.45) is 4.99 Å². The molecule has 0 aromatic rings.